The van der Waals surface area contributed by atoms with Crippen molar-refractivity contribution in [3.05, 3.63) is 72.3 Å². The summed E-state index contributed by atoms with van der Waals surface area (Å²) < 4.78 is 21.8. The Kier molecular flexibility index (Phi) is 7.17. The largest absolute Gasteiger partial charge is 0.497 e. The van der Waals surface area contributed by atoms with Crippen molar-refractivity contribution in [1.82, 2.24) is 0 Å². The van der Waals surface area contributed by atoms with Crippen molar-refractivity contribution in [3.63, 3.8) is 0 Å². The molecule has 1 aliphatic heterocycles. The van der Waals surface area contributed by atoms with Crippen LogP contribution in [0.25, 0.3) is 0 Å². The van der Waals surface area contributed by atoms with Gasteiger partial charge in [0.2, 0.25) is 0 Å². The number of hydrogen-bond donors (Lipinski definition) is 1. The molecule has 8 nitrogen and oxygen atoms in total. The molecule has 2 amide bonds. The minimum Gasteiger partial charge on any atom is -0.497 e. The van der Waals surface area contributed by atoms with Gasteiger partial charge in [-0.15, -0.1) is 0 Å². The minimum atomic E-state index is -0.320. The van der Waals surface area contributed by atoms with Crippen molar-refractivity contribution < 1.29 is 28.5 Å². The summed E-state index contributed by atoms with van der Waals surface area (Å²) in [7, 11) is 3.05. The van der Waals surface area contributed by atoms with Crippen LogP contribution in [0.15, 0.2) is 66.7 Å². The number of nitrogens with one attached hydrogen (secondary N) is 1. The molecule has 0 aliphatic carbocycles. The molecular formula is C26H26N2O6. The smallest absolute Gasteiger partial charge is 0.265 e. The highest BCUT2D eigenvalue weighted by Crippen LogP contribution is 2.35. The van der Waals surface area contributed by atoms with Gasteiger partial charge < -0.3 is 29.2 Å². The molecule has 1 N–H and O–H groups in total. The number of carbonyl (C=O) groups is 2. The van der Waals surface area contributed by atoms with Crippen molar-refractivity contribution >= 4 is 23.2 Å². The lowest BCUT2D eigenvalue weighted by molar-refractivity contribution is -0.121. The standard InChI is InChI=1S/C26H26N2O6/c1-31-21-13-18(14-22(16-21)32-2)26(30)27-19-9-10-23-24(15-19)34-17-25(29)28(23)11-6-12-33-20-7-4-3-5-8-20/h3-5,7-10,13-16H,6,11-12,17H2,1-2H3,(H,27,30). The summed E-state index contributed by atoms with van der Waals surface area (Å²) in [6.07, 6.45) is 0.663. The minimum absolute atomic E-state index is 0.0585. The molecule has 1 aliphatic rings. The number of fused-ring (bicyclic) bond motifs is 1. The number of hydrogen-bond acceptors (Lipinski definition) is 6. The van der Waals surface area contributed by atoms with Gasteiger partial charge in [0.25, 0.3) is 11.8 Å². The highest BCUT2D eigenvalue weighted by atomic mass is 16.5. The van der Waals surface area contributed by atoms with E-state index in [4.69, 9.17) is 18.9 Å². The van der Waals surface area contributed by atoms with Crippen LogP contribution in [0.4, 0.5) is 11.4 Å². The average molecular weight is 463 g/mol. The monoisotopic (exact) mass is 462 g/mol. The van der Waals surface area contributed by atoms with Crippen molar-refractivity contribution in [2.75, 3.05) is 44.2 Å². The molecule has 0 saturated heterocycles. The molecule has 8 heteroatoms. The number of amides is 2. The van der Waals surface area contributed by atoms with E-state index in [0.717, 1.165) is 5.75 Å². The van der Waals surface area contributed by atoms with Crippen LogP contribution in [0.3, 0.4) is 0 Å². The Morgan fingerprint density at radius 2 is 1.71 bits per heavy atom. The molecule has 1 heterocycles. The molecule has 0 atom stereocenters. The van der Waals surface area contributed by atoms with Gasteiger partial charge in [-0.05, 0) is 42.8 Å². The lowest BCUT2D eigenvalue weighted by Crippen LogP contribution is -2.39. The van der Waals surface area contributed by atoms with Gasteiger partial charge in [0.15, 0.2) is 6.61 Å². The number of anilines is 2. The summed E-state index contributed by atoms with van der Waals surface area (Å²) in [4.78, 5) is 26.9. The lowest BCUT2D eigenvalue weighted by Gasteiger charge is -2.29. The van der Waals surface area contributed by atoms with E-state index in [0.29, 0.717) is 53.8 Å². The maximum Gasteiger partial charge on any atom is 0.265 e. The van der Waals surface area contributed by atoms with Crippen LogP contribution in [-0.4, -0.2) is 45.8 Å². The zero-order chi connectivity index (χ0) is 23.9. The van der Waals surface area contributed by atoms with Crippen LogP contribution in [0.2, 0.25) is 0 Å². The van der Waals surface area contributed by atoms with Gasteiger partial charge in [-0.2, -0.15) is 0 Å². The third-order valence-corrected chi connectivity index (χ3v) is 5.31. The molecule has 176 valence electrons. The lowest BCUT2D eigenvalue weighted by atomic mass is 10.1. The number of methoxy groups -OCH3 is 2. The number of benzene rings is 3. The number of rotatable bonds is 9. The Hall–Kier alpha value is -4.20. The molecule has 34 heavy (non-hydrogen) atoms. The van der Waals surface area contributed by atoms with E-state index in [1.807, 2.05) is 30.3 Å². The molecule has 0 bridgehead atoms. The van der Waals surface area contributed by atoms with E-state index < -0.39 is 0 Å². The topological polar surface area (TPSA) is 86.3 Å². The maximum atomic E-state index is 12.8. The molecule has 0 unspecified atom stereocenters. The van der Waals surface area contributed by atoms with E-state index in [9.17, 15) is 9.59 Å². The zero-order valence-electron chi connectivity index (χ0n) is 19.1. The predicted octanol–water partition coefficient (Wildman–Crippen LogP) is 4.15. The number of carbonyl (C=O) groups excluding carboxylic acids is 2. The van der Waals surface area contributed by atoms with Crippen molar-refractivity contribution in [2.45, 2.75) is 6.42 Å². The summed E-state index contributed by atoms with van der Waals surface area (Å²) >= 11 is 0. The summed E-state index contributed by atoms with van der Waals surface area (Å²) in [5.74, 6) is 1.92. The second kappa shape index (κ2) is 10.6. The first-order valence-corrected chi connectivity index (χ1v) is 10.9. The first-order chi connectivity index (χ1) is 16.6. The van der Waals surface area contributed by atoms with E-state index in [-0.39, 0.29) is 18.4 Å². The Morgan fingerprint density at radius 3 is 2.41 bits per heavy atom. The molecule has 0 saturated carbocycles. The second-order valence-corrected chi connectivity index (χ2v) is 7.59. The van der Waals surface area contributed by atoms with Gasteiger partial charge in [0.05, 0.1) is 26.5 Å². The molecular weight excluding hydrogens is 436 g/mol. The quantitative estimate of drug-likeness (QED) is 0.481. The van der Waals surface area contributed by atoms with Crippen LogP contribution in [0.5, 0.6) is 23.0 Å². The third kappa shape index (κ3) is 5.40. The zero-order valence-corrected chi connectivity index (χ0v) is 19.1. The van der Waals surface area contributed by atoms with E-state index in [1.54, 1.807) is 41.3 Å². The molecule has 0 aromatic heterocycles. The second-order valence-electron chi connectivity index (χ2n) is 7.59. The maximum absolute atomic E-state index is 12.8. The van der Waals surface area contributed by atoms with Crippen molar-refractivity contribution in [3.8, 4) is 23.0 Å². The summed E-state index contributed by atoms with van der Waals surface area (Å²) in [5.41, 5.74) is 1.61. The molecule has 4 rings (SSSR count). The van der Waals surface area contributed by atoms with Crippen LogP contribution in [-0.2, 0) is 4.79 Å². The van der Waals surface area contributed by atoms with Gasteiger partial charge in [-0.25, -0.2) is 0 Å². The summed E-state index contributed by atoms with van der Waals surface area (Å²) in [5, 5.41) is 2.85. The highest BCUT2D eigenvalue weighted by molar-refractivity contribution is 6.05. The Balaban J connectivity index is 1.42. The number of para-hydroxylation sites is 1. The first-order valence-electron chi connectivity index (χ1n) is 10.9. The fourth-order valence-electron chi connectivity index (χ4n) is 3.60. The fraction of sp³-hybridized carbons (Fsp3) is 0.231. The third-order valence-electron chi connectivity index (χ3n) is 5.31. The molecule has 0 spiro atoms. The first kappa shape index (κ1) is 23.0. The van der Waals surface area contributed by atoms with E-state index >= 15 is 0 Å². The number of ether oxygens (including phenoxy) is 4. The van der Waals surface area contributed by atoms with Crippen molar-refractivity contribution in [1.29, 1.82) is 0 Å². The average Bonchev–Trinajstić information content (AvgIpc) is 2.87. The Labute approximate surface area is 198 Å². The molecule has 3 aromatic carbocycles. The van der Waals surface area contributed by atoms with E-state index in [1.165, 1.54) is 14.2 Å². The highest BCUT2D eigenvalue weighted by Gasteiger charge is 2.25. The summed E-state index contributed by atoms with van der Waals surface area (Å²) in [6.45, 7) is 0.927. The van der Waals surface area contributed by atoms with Crippen LogP contribution >= 0.6 is 0 Å². The van der Waals surface area contributed by atoms with Crippen LogP contribution < -0.4 is 29.2 Å². The Morgan fingerprint density at radius 1 is 0.971 bits per heavy atom. The van der Waals surface area contributed by atoms with E-state index in [2.05, 4.69) is 5.32 Å². The molecule has 0 fully saturated rings. The fourth-order valence-corrected chi connectivity index (χ4v) is 3.60. The van der Waals surface area contributed by atoms with Gasteiger partial charge in [-0.3, -0.25) is 9.59 Å². The van der Waals surface area contributed by atoms with Gasteiger partial charge in [0, 0.05) is 29.9 Å². The van der Waals surface area contributed by atoms with Crippen molar-refractivity contribution in [2.24, 2.45) is 0 Å². The van der Waals surface area contributed by atoms with Gasteiger partial charge in [-0.1, -0.05) is 18.2 Å². The van der Waals surface area contributed by atoms with Crippen LogP contribution in [0, 0.1) is 0 Å². The predicted molar refractivity (Wildman–Crippen MR) is 128 cm³/mol. The summed E-state index contributed by atoms with van der Waals surface area (Å²) in [6, 6.07) is 19.7. The van der Waals surface area contributed by atoms with Gasteiger partial charge in [0.1, 0.15) is 23.0 Å². The molecule has 3 aromatic rings. The Bertz CT molecular complexity index is 1140. The normalized spacial score (nSPS) is 12.4. The molecule has 0 radical (unpaired) electrons. The number of nitrogens with zero attached hydrogens (tertiary/aromatic N) is 1. The SMILES string of the molecule is COc1cc(OC)cc(C(=O)Nc2ccc3c(c2)OCC(=O)N3CCCOc2ccccc2)c1. The van der Waals surface area contributed by atoms with Gasteiger partial charge >= 0.3 is 0 Å². The van der Waals surface area contributed by atoms with Crippen LogP contribution in [0.1, 0.15) is 16.8 Å².